The molecule has 6 heterocycles. The topological polar surface area (TPSA) is 109 Å². The van der Waals surface area contributed by atoms with E-state index in [1.807, 2.05) is 10.4 Å². The van der Waals surface area contributed by atoms with Crippen molar-refractivity contribution in [1.29, 1.82) is 5.26 Å². The fraction of sp³-hybridized carbons (Fsp3) is 0.559. The van der Waals surface area contributed by atoms with Gasteiger partial charge in [-0.1, -0.05) is 6.07 Å². The van der Waals surface area contributed by atoms with Crippen LogP contribution in [0.15, 0.2) is 24.3 Å². The molecule has 0 radical (unpaired) electrons. The lowest BCUT2D eigenvalue weighted by atomic mass is 9.86. The molecule has 0 amide bonds. The maximum absolute atomic E-state index is 13.2. The van der Waals surface area contributed by atoms with E-state index < -0.39 is 23.8 Å². The first-order chi connectivity index (χ1) is 24.0. The molecule has 3 fully saturated rings. The second-order valence-corrected chi connectivity index (χ2v) is 16.3. The molecular formula is C34H43F3N10OS2. The van der Waals surface area contributed by atoms with Gasteiger partial charge in [0.15, 0.2) is 11.2 Å². The summed E-state index contributed by atoms with van der Waals surface area (Å²) in [5.74, 6) is 1.13. The van der Waals surface area contributed by atoms with Crippen LogP contribution in [0.3, 0.4) is 0 Å². The van der Waals surface area contributed by atoms with Crippen LogP contribution in [-0.2, 0) is 30.7 Å². The number of fused-ring (bicyclic) bond motifs is 2. The minimum atomic E-state index is -4.27. The summed E-state index contributed by atoms with van der Waals surface area (Å²) in [6.07, 6.45) is -3.19. The molecule has 1 spiro atoms. The molecule has 3 aromatic heterocycles. The minimum absolute atomic E-state index is 0.0881. The van der Waals surface area contributed by atoms with E-state index in [4.69, 9.17) is 4.98 Å². The summed E-state index contributed by atoms with van der Waals surface area (Å²) < 4.78 is 58.5. The van der Waals surface area contributed by atoms with Crippen molar-refractivity contribution in [1.82, 2.24) is 33.4 Å². The van der Waals surface area contributed by atoms with Gasteiger partial charge in [0, 0.05) is 93.7 Å². The van der Waals surface area contributed by atoms with Crippen molar-refractivity contribution < 1.29 is 17.4 Å². The van der Waals surface area contributed by atoms with Gasteiger partial charge in [-0.15, -0.1) is 11.3 Å². The van der Waals surface area contributed by atoms with E-state index in [-0.39, 0.29) is 10.3 Å². The third-order valence-electron chi connectivity index (χ3n) is 10.6. The highest BCUT2D eigenvalue weighted by Crippen LogP contribution is 2.44. The Hall–Kier alpha value is -3.33. The molecule has 0 aliphatic carbocycles. The third kappa shape index (κ3) is 7.08. The highest BCUT2D eigenvalue weighted by atomic mass is 32.2. The van der Waals surface area contributed by atoms with E-state index in [0.29, 0.717) is 27.7 Å². The number of hydrogen-bond donors (Lipinski definition) is 2. The van der Waals surface area contributed by atoms with Crippen molar-refractivity contribution in [3.05, 3.63) is 46.0 Å². The van der Waals surface area contributed by atoms with Crippen LogP contribution in [0.5, 0.6) is 0 Å². The van der Waals surface area contributed by atoms with Gasteiger partial charge in [0.25, 0.3) is 0 Å². The van der Waals surface area contributed by atoms with Crippen LogP contribution in [0.25, 0.3) is 21.1 Å². The van der Waals surface area contributed by atoms with E-state index in [9.17, 15) is 22.6 Å². The van der Waals surface area contributed by atoms with Crippen LogP contribution in [0.4, 0.5) is 24.9 Å². The molecule has 2 unspecified atom stereocenters. The summed E-state index contributed by atoms with van der Waals surface area (Å²) in [5, 5.41) is 14.8. The van der Waals surface area contributed by atoms with Crippen LogP contribution in [0.1, 0.15) is 34.5 Å². The Labute approximate surface area is 296 Å². The lowest BCUT2D eigenvalue weighted by Crippen LogP contribution is -2.49. The fourth-order valence-electron chi connectivity index (χ4n) is 7.96. The van der Waals surface area contributed by atoms with Gasteiger partial charge in [-0.05, 0) is 62.7 Å². The smallest absolute Gasteiger partial charge is 0.357 e. The average Bonchev–Trinajstić information content (AvgIpc) is 3.89. The van der Waals surface area contributed by atoms with Crippen molar-refractivity contribution in [3.8, 4) is 6.07 Å². The van der Waals surface area contributed by atoms with Gasteiger partial charge in [0.2, 0.25) is 5.95 Å². The number of rotatable bonds is 10. The zero-order chi connectivity index (χ0) is 35.2. The Balaban J connectivity index is 1.02. The molecule has 2 N–H and O–H groups in total. The van der Waals surface area contributed by atoms with Gasteiger partial charge in [-0.3, -0.25) is 9.80 Å². The number of nitrogens with one attached hydrogen (secondary N) is 2. The molecule has 1 aromatic carbocycles. The van der Waals surface area contributed by atoms with E-state index in [1.165, 1.54) is 11.1 Å². The van der Waals surface area contributed by atoms with E-state index in [1.54, 1.807) is 20.2 Å². The van der Waals surface area contributed by atoms with Crippen molar-refractivity contribution in [2.45, 2.75) is 45.5 Å². The van der Waals surface area contributed by atoms with Gasteiger partial charge in [0.05, 0.1) is 11.8 Å². The summed E-state index contributed by atoms with van der Waals surface area (Å²) in [4.78, 5) is 17.2. The molecule has 7 rings (SSSR count). The van der Waals surface area contributed by atoms with Gasteiger partial charge in [-0.25, -0.2) is 18.2 Å². The number of nitriles is 1. The molecule has 4 aromatic rings. The van der Waals surface area contributed by atoms with E-state index >= 15 is 0 Å². The molecule has 11 nitrogen and oxygen atoms in total. The zero-order valence-electron chi connectivity index (χ0n) is 28.6. The molecule has 3 aliphatic heterocycles. The molecule has 50 heavy (non-hydrogen) atoms. The number of alkyl halides is 3. The summed E-state index contributed by atoms with van der Waals surface area (Å²) in [6.45, 7) is 11.2. The summed E-state index contributed by atoms with van der Waals surface area (Å²) in [7, 11) is 3.43. The number of aryl methyl sites for hydroxylation is 1. The number of thiophene rings is 1. The van der Waals surface area contributed by atoms with Gasteiger partial charge in [0.1, 0.15) is 22.4 Å². The zero-order valence-corrected chi connectivity index (χ0v) is 30.3. The molecular weight excluding hydrogens is 686 g/mol. The SMILES string of the molecule is CNc1nc(N2CCC3(CCN(Cc4ccc5c(cc(C#N)n5CCN5CCN(S(=O)NC)CC5)c4C)C3)C2)c2cc(CC(F)(F)F)sc2n1. The number of piperazine rings is 1. The van der Waals surface area contributed by atoms with E-state index in [2.05, 4.69) is 59.4 Å². The first-order valence-electron chi connectivity index (χ1n) is 17.1. The monoisotopic (exact) mass is 728 g/mol. The highest BCUT2D eigenvalue weighted by Gasteiger charge is 2.44. The lowest BCUT2D eigenvalue weighted by molar-refractivity contribution is -0.126. The molecule has 3 saturated heterocycles. The number of aromatic nitrogens is 3. The predicted octanol–water partition coefficient (Wildman–Crippen LogP) is 4.49. The first-order valence-corrected chi connectivity index (χ1v) is 19.0. The third-order valence-corrected chi connectivity index (χ3v) is 12.8. The average molecular weight is 729 g/mol. The molecule has 2 atom stereocenters. The maximum Gasteiger partial charge on any atom is 0.393 e. The van der Waals surface area contributed by atoms with Gasteiger partial charge >= 0.3 is 6.18 Å². The lowest BCUT2D eigenvalue weighted by Gasteiger charge is -2.33. The minimum Gasteiger partial charge on any atom is -0.357 e. The summed E-state index contributed by atoms with van der Waals surface area (Å²) in [6, 6.07) is 10.4. The Morgan fingerprint density at radius 3 is 2.50 bits per heavy atom. The molecule has 16 heteroatoms. The fourth-order valence-corrected chi connectivity index (χ4v) is 9.77. The summed E-state index contributed by atoms with van der Waals surface area (Å²) >= 11 is -0.0574. The second-order valence-electron chi connectivity index (χ2n) is 13.8. The molecule has 268 valence electrons. The standard InChI is InChI=1S/C34H43F3N10OS2/c1-23-24(4-5-29-27(23)16-25(19-38)47(29)15-12-43-10-13-46(14-11-43)50(48)40-3)20-44-8-6-33(21-44)7-9-45(22-33)30-28-17-26(18-34(35,36)37)49-31(28)42-32(39-2)41-30/h4-5,16-17,40H,6-15,18,20-22H2,1-3H3,(H,39,41,42). The maximum atomic E-state index is 13.2. The van der Waals surface area contributed by atoms with Crippen LogP contribution < -0.4 is 14.9 Å². The highest BCUT2D eigenvalue weighted by molar-refractivity contribution is 7.80. The number of anilines is 2. The normalized spacial score (nSPS) is 21.6. The number of hydrogen-bond acceptors (Lipinski definition) is 9. The van der Waals surface area contributed by atoms with Crippen molar-refractivity contribution >= 4 is 55.4 Å². The number of nitrogens with zero attached hydrogens (tertiary/aromatic N) is 8. The van der Waals surface area contributed by atoms with E-state index in [0.717, 1.165) is 107 Å². The largest absolute Gasteiger partial charge is 0.393 e. The Morgan fingerprint density at radius 1 is 1.00 bits per heavy atom. The van der Waals surface area contributed by atoms with Crippen LogP contribution in [0, 0.1) is 23.7 Å². The molecule has 0 saturated carbocycles. The molecule has 0 bridgehead atoms. The number of likely N-dealkylation sites (tertiary alicyclic amines) is 1. The van der Waals surface area contributed by atoms with Crippen LogP contribution in [-0.4, -0.2) is 112 Å². The quantitative estimate of drug-likeness (QED) is 0.246. The Morgan fingerprint density at radius 2 is 1.78 bits per heavy atom. The van der Waals surface area contributed by atoms with Gasteiger partial charge in [-0.2, -0.15) is 23.4 Å². The van der Waals surface area contributed by atoms with Crippen molar-refractivity contribution in [2.75, 3.05) is 83.2 Å². The number of halogens is 3. The Bertz CT molecular complexity index is 1950. The molecule has 3 aliphatic rings. The summed E-state index contributed by atoms with van der Waals surface area (Å²) in [5.41, 5.74) is 4.28. The second kappa shape index (κ2) is 14.0. The van der Waals surface area contributed by atoms with Gasteiger partial charge < -0.3 is 14.8 Å². The van der Waals surface area contributed by atoms with Crippen molar-refractivity contribution in [2.24, 2.45) is 5.41 Å². The first kappa shape index (κ1) is 35.1. The van der Waals surface area contributed by atoms with Crippen molar-refractivity contribution in [3.63, 3.8) is 0 Å². The van der Waals surface area contributed by atoms with Crippen LogP contribution in [0.2, 0.25) is 0 Å². The predicted molar refractivity (Wildman–Crippen MR) is 192 cm³/mol. The van der Waals surface area contributed by atoms with Crippen LogP contribution >= 0.6 is 11.3 Å². The Kier molecular flexibility index (Phi) is 9.83. The number of benzene rings is 1.